The zero-order valence-corrected chi connectivity index (χ0v) is 18.5. The fourth-order valence-corrected chi connectivity index (χ4v) is 4.50. The third-order valence-electron chi connectivity index (χ3n) is 6.57. The Kier molecular flexibility index (Phi) is 6.68. The normalized spacial score (nSPS) is 15.9. The number of Topliss-reactive ketones (excluding diaryl/α,β-unsaturated/α-hetero) is 1. The molecule has 1 heterocycles. The lowest BCUT2D eigenvalue weighted by atomic mass is 9.89. The Bertz CT molecular complexity index is 1040. The molecule has 1 saturated heterocycles. The van der Waals surface area contributed by atoms with Crippen molar-refractivity contribution >= 4 is 17.6 Å². The number of hydrogen-bond donors (Lipinski definition) is 0. The average Bonchev–Trinajstić information content (AvgIpc) is 2.83. The zero-order valence-electron chi connectivity index (χ0n) is 18.5. The van der Waals surface area contributed by atoms with E-state index >= 15 is 0 Å². The maximum atomic E-state index is 13.8. The first kappa shape index (κ1) is 22.2. The molecule has 5 nitrogen and oxygen atoms in total. The molecule has 1 aliphatic carbocycles. The van der Waals surface area contributed by atoms with Crippen molar-refractivity contribution in [2.45, 2.75) is 45.4 Å². The van der Waals surface area contributed by atoms with Gasteiger partial charge in [0.2, 0.25) is 5.91 Å². The van der Waals surface area contributed by atoms with E-state index in [0.29, 0.717) is 42.9 Å². The van der Waals surface area contributed by atoms with Crippen LogP contribution >= 0.6 is 0 Å². The van der Waals surface area contributed by atoms with Crippen molar-refractivity contribution in [3.63, 3.8) is 0 Å². The molecule has 2 aliphatic rings. The topological polar surface area (TPSA) is 57.7 Å². The number of nitrogens with zero attached hydrogens (tertiary/aromatic N) is 2. The van der Waals surface area contributed by atoms with E-state index in [9.17, 15) is 18.8 Å². The molecule has 2 aromatic rings. The standard InChI is InChI=1S/C26H29FN2O3/c1-18-6-7-22(17-23(18)27)26(32)29-14-12-28(13-15-29)25(31)11-10-24(30)21-9-8-19-4-2-3-5-20(19)16-21/h6-9,16-17H,2-5,10-15H2,1H3. The van der Waals surface area contributed by atoms with E-state index in [1.54, 1.807) is 28.9 Å². The minimum Gasteiger partial charge on any atom is -0.339 e. The molecule has 6 heteroatoms. The van der Waals surface area contributed by atoms with Crippen molar-refractivity contribution in [2.24, 2.45) is 0 Å². The van der Waals surface area contributed by atoms with Crippen molar-refractivity contribution < 1.29 is 18.8 Å². The number of ketones is 1. The van der Waals surface area contributed by atoms with Gasteiger partial charge in [0.15, 0.2) is 5.78 Å². The molecule has 32 heavy (non-hydrogen) atoms. The third kappa shape index (κ3) is 4.90. The Morgan fingerprint density at radius 2 is 1.47 bits per heavy atom. The van der Waals surface area contributed by atoms with E-state index < -0.39 is 5.82 Å². The number of carbonyl (C=O) groups is 3. The summed E-state index contributed by atoms with van der Waals surface area (Å²) in [4.78, 5) is 41.2. The first-order valence-electron chi connectivity index (χ1n) is 11.4. The first-order chi connectivity index (χ1) is 15.4. The number of amides is 2. The Balaban J connectivity index is 1.27. The van der Waals surface area contributed by atoms with E-state index in [0.717, 1.165) is 19.3 Å². The fourth-order valence-electron chi connectivity index (χ4n) is 4.50. The lowest BCUT2D eigenvalue weighted by Crippen LogP contribution is -2.50. The minimum absolute atomic E-state index is 0.00179. The highest BCUT2D eigenvalue weighted by Crippen LogP contribution is 2.23. The molecule has 0 aromatic heterocycles. The lowest BCUT2D eigenvalue weighted by molar-refractivity contribution is -0.132. The number of hydrogen-bond acceptors (Lipinski definition) is 3. The largest absolute Gasteiger partial charge is 0.339 e. The molecule has 0 radical (unpaired) electrons. The van der Waals surface area contributed by atoms with Crippen LogP contribution in [0.5, 0.6) is 0 Å². The van der Waals surface area contributed by atoms with Crippen molar-refractivity contribution in [2.75, 3.05) is 26.2 Å². The van der Waals surface area contributed by atoms with Crippen LogP contribution in [-0.4, -0.2) is 53.6 Å². The molecule has 1 aliphatic heterocycles. The number of piperazine rings is 1. The molecular weight excluding hydrogens is 407 g/mol. The number of benzene rings is 2. The lowest BCUT2D eigenvalue weighted by Gasteiger charge is -2.35. The third-order valence-corrected chi connectivity index (χ3v) is 6.57. The van der Waals surface area contributed by atoms with Gasteiger partial charge in [-0.3, -0.25) is 14.4 Å². The summed E-state index contributed by atoms with van der Waals surface area (Å²) >= 11 is 0. The van der Waals surface area contributed by atoms with Gasteiger partial charge >= 0.3 is 0 Å². The number of aryl methyl sites for hydroxylation is 3. The first-order valence-corrected chi connectivity index (χ1v) is 11.4. The Morgan fingerprint density at radius 1 is 0.812 bits per heavy atom. The van der Waals surface area contributed by atoms with E-state index in [1.165, 1.54) is 23.6 Å². The van der Waals surface area contributed by atoms with Crippen LogP contribution < -0.4 is 0 Å². The van der Waals surface area contributed by atoms with Crippen LogP contribution in [0.1, 0.15) is 63.1 Å². The van der Waals surface area contributed by atoms with Gasteiger partial charge in [-0.1, -0.05) is 18.2 Å². The molecule has 0 saturated carbocycles. The minimum atomic E-state index is -0.395. The van der Waals surface area contributed by atoms with Crippen molar-refractivity contribution in [1.29, 1.82) is 0 Å². The van der Waals surface area contributed by atoms with Gasteiger partial charge in [-0.15, -0.1) is 0 Å². The van der Waals surface area contributed by atoms with Crippen LogP contribution in [0.25, 0.3) is 0 Å². The predicted molar refractivity (Wildman–Crippen MR) is 120 cm³/mol. The Labute approximate surface area is 188 Å². The second kappa shape index (κ2) is 9.63. The molecule has 2 amide bonds. The number of carbonyl (C=O) groups excluding carboxylic acids is 3. The van der Waals surface area contributed by atoms with Gasteiger partial charge < -0.3 is 9.80 Å². The second-order valence-electron chi connectivity index (χ2n) is 8.75. The Morgan fingerprint density at radius 3 is 2.19 bits per heavy atom. The van der Waals surface area contributed by atoms with Gasteiger partial charge in [0, 0.05) is 50.1 Å². The maximum Gasteiger partial charge on any atom is 0.254 e. The molecule has 168 valence electrons. The predicted octanol–water partition coefficient (Wildman–Crippen LogP) is 3.96. The maximum absolute atomic E-state index is 13.8. The van der Waals surface area contributed by atoms with Gasteiger partial charge in [0.05, 0.1) is 0 Å². The van der Waals surface area contributed by atoms with Crippen molar-refractivity contribution in [3.8, 4) is 0 Å². The van der Waals surface area contributed by atoms with Gasteiger partial charge in [-0.2, -0.15) is 0 Å². The van der Waals surface area contributed by atoms with E-state index in [-0.39, 0.29) is 30.4 Å². The molecule has 0 atom stereocenters. The summed E-state index contributed by atoms with van der Waals surface area (Å²) in [6.45, 7) is 3.31. The van der Waals surface area contributed by atoms with Crippen LogP contribution in [0.2, 0.25) is 0 Å². The number of halogens is 1. The van der Waals surface area contributed by atoms with Gasteiger partial charge in [0.1, 0.15) is 5.82 Å². The van der Waals surface area contributed by atoms with E-state index in [4.69, 9.17) is 0 Å². The summed E-state index contributed by atoms with van der Waals surface area (Å²) in [7, 11) is 0. The van der Waals surface area contributed by atoms with Crippen LogP contribution in [-0.2, 0) is 17.6 Å². The molecule has 0 unspecified atom stereocenters. The quantitative estimate of drug-likeness (QED) is 0.667. The summed E-state index contributed by atoms with van der Waals surface area (Å²) in [6.07, 6.45) is 4.84. The van der Waals surface area contributed by atoms with Gasteiger partial charge in [0.25, 0.3) is 5.91 Å². The molecule has 0 bridgehead atoms. The SMILES string of the molecule is Cc1ccc(C(=O)N2CCN(C(=O)CCC(=O)c3ccc4c(c3)CCCC4)CC2)cc1F. The fraction of sp³-hybridized carbons (Fsp3) is 0.423. The smallest absolute Gasteiger partial charge is 0.254 e. The van der Waals surface area contributed by atoms with E-state index in [2.05, 4.69) is 6.07 Å². The summed E-state index contributed by atoms with van der Waals surface area (Å²) in [6, 6.07) is 10.4. The summed E-state index contributed by atoms with van der Waals surface area (Å²) in [5.41, 5.74) is 4.12. The number of rotatable bonds is 5. The highest BCUT2D eigenvalue weighted by atomic mass is 19.1. The molecule has 0 spiro atoms. The van der Waals surface area contributed by atoms with Gasteiger partial charge in [-0.25, -0.2) is 4.39 Å². The zero-order chi connectivity index (χ0) is 22.7. The van der Waals surface area contributed by atoms with Crippen LogP contribution in [0, 0.1) is 12.7 Å². The summed E-state index contributed by atoms with van der Waals surface area (Å²) < 4.78 is 13.8. The highest BCUT2D eigenvalue weighted by molar-refractivity contribution is 5.98. The van der Waals surface area contributed by atoms with Crippen LogP contribution in [0.4, 0.5) is 4.39 Å². The molecule has 2 aromatic carbocycles. The highest BCUT2D eigenvalue weighted by Gasteiger charge is 2.25. The van der Waals surface area contributed by atoms with Crippen LogP contribution in [0.15, 0.2) is 36.4 Å². The summed E-state index contributed by atoms with van der Waals surface area (Å²) in [5.74, 6) is -0.682. The molecule has 0 N–H and O–H groups in total. The van der Waals surface area contributed by atoms with E-state index in [1.807, 2.05) is 12.1 Å². The molecular formula is C26H29FN2O3. The molecule has 1 fully saturated rings. The van der Waals surface area contributed by atoms with Crippen molar-refractivity contribution in [3.05, 3.63) is 70.0 Å². The average molecular weight is 437 g/mol. The van der Waals surface area contributed by atoms with Crippen molar-refractivity contribution in [1.82, 2.24) is 9.80 Å². The van der Waals surface area contributed by atoms with Crippen LogP contribution in [0.3, 0.4) is 0 Å². The molecule has 4 rings (SSSR count). The monoisotopic (exact) mass is 436 g/mol. The summed E-state index contributed by atoms with van der Waals surface area (Å²) in [5, 5.41) is 0. The second-order valence-corrected chi connectivity index (χ2v) is 8.75. The Hall–Kier alpha value is -3.02. The van der Waals surface area contributed by atoms with Gasteiger partial charge in [-0.05, 0) is 67.5 Å². The number of fused-ring (bicyclic) bond motifs is 1.